The average Bonchev–Trinajstić information content (AvgIpc) is 2.29. The molecule has 5 heteroatoms. The summed E-state index contributed by atoms with van der Waals surface area (Å²) in [7, 11) is 0. The summed E-state index contributed by atoms with van der Waals surface area (Å²) in [5.74, 6) is 0. The second kappa shape index (κ2) is 5.34. The van der Waals surface area contributed by atoms with Gasteiger partial charge in [-0.1, -0.05) is 29.3 Å². The highest BCUT2D eigenvalue weighted by molar-refractivity contribution is 6.35. The van der Waals surface area contributed by atoms with Crippen LogP contribution in [0.15, 0.2) is 18.2 Å². The van der Waals surface area contributed by atoms with Crippen LogP contribution in [0, 0.1) is 0 Å². The Morgan fingerprint density at radius 3 is 2.75 bits per heavy atom. The predicted octanol–water partition coefficient (Wildman–Crippen LogP) is 2.41. The van der Waals surface area contributed by atoms with E-state index in [1.807, 2.05) is 6.07 Å². The molecule has 2 rings (SSSR count). The van der Waals surface area contributed by atoms with Crippen LogP contribution in [0.4, 0.5) is 0 Å². The van der Waals surface area contributed by atoms with Crippen molar-refractivity contribution < 1.29 is 9.47 Å². The fraction of sp³-hybridized carbons (Fsp3) is 0.455. The Morgan fingerprint density at radius 2 is 2.12 bits per heavy atom. The zero-order valence-corrected chi connectivity index (χ0v) is 10.2. The van der Waals surface area contributed by atoms with Gasteiger partial charge in [0, 0.05) is 10.0 Å². The van der Waals surface area contributed by atoms with Gasteiger partial charge in [0.05, 0.1) is 25.9 Å². The molecule has 0 amide bonds. The van der Waals surface area contributed by atoms with Gasteiger partial charge in [-0.3, -0.25) is 0 Å². The molecule has 2 N–H and O–H groups in total. The van der Waals surface area contributed by atoms with E-state index in [-0.39, 0.29) is 12.1 Å². The molecule has 1 aromatic rings. The second-order valence-electron chi connectivity index (χ2n) is 3.68. The topological polar surface area (TPSA) is 44.5 Å². The SMILES string of the molecule is NC(c1ccc(Cl)cc1Cl)C1COCCO1. The van der Waals surface area contributed by atoms with Crippen molar-refractivity contribution in [3.8, 4) is 0 Å². The summed E-state index contributed by atoms with van der Waals surface area (Å²) < 4.78 is 10.9. The van der Waals surface area contributed by atoms with E-state index in [1.165, 1.54) is 0 Å². The highest BCUT2D eigenvalue weighted by Crippen LogP contribution is 2.28. The number of hydrogen-bond acceptors (Lipinski definition) is 3. The number of hydrogen-bond donors (Lipinski definition) is 1. The normalized spacial score (nSPS) is 23.1. The van der Waals surface area contributed by atoms with E-state index in [1.54, 1.807) is 12.1 Å². The van der Waals surface area contributed by atoms with Crippen molar-refractivity contribution in [3.05, 3.63) is 33.8 Å². The highest BCUT2D eigenvalue weighted by Gasteiger charge is 2.24. The first-order valence-corrected chi connectivity index (χ1v) is 5.84. The van der Waals surface area contributed by atoms with Gasteiger partial charge >= 0.3 is 0 Å². The fourth-order valence-electron chi connectivity index (χ4n) is 1.69. The molecule has 2 unspecified atom stereocenters. The standard InChI is InChI=1S/C11H13Cl2NO2/c12-7-1-2-8(9(13)5-7)11(14)10-6-15-3-4-16-10/h1-2,5,10-11H,3-4,6,14H2. The maximum absolute atomic E-state index is 6.09. The third-order valence-electron chi connectivity index (χ3n) is 2.56. The van der Waals surface area contributed by atoms with Crippen molar-refractivity contribution >= 4 is 23.2 Å². The number of ether oxygens (including phenoxy) is 2. The van der Waals surface area contributed by atoms with Crippen LogP contribution in [0.25, 0.3) is 0 Å². The molecule has 88 valence electrons. The molecule has 0 bridgehead atoms. The molecular weight excluding hydrogens is 249 g/mol. The van der Waals surface area contributed by atoms with E-state index in [4.69, 9.17) is 38.4 Å². The van der Waals surface area contributed by atoms with E-state index in [2.05, 4.69) is 0 Å². The summed E-state index contributed by atoms with van der Waals surface area (Å²) in [4.78, 5) is 0. The maximum atomic E-state index is 6.09. The molecule has 3 nitrogen and oxygen atoms in total. The van der Waals surface area contributed by atoms with Crippen molar-refractivity contribution in [3.63, 3.8) is 0 Å². The molecule has 0 aliphatic carbocycles. The molecule has 1 aromatic carbocycles. The number of halogens is 2. The molecule has 0 spiro atoms. The molecule has 1 aliphatic rings. The highest BCUT2D eigenvalue weighted by atomic mass is 35.5. The monoisotopic (exact) mass is 261 g/mol. The van der Waals surface area contributed by atoms with Crippen molar-refractivity contribution in [2.75, 3.05) is 19.8 Å². The zero-order chi connectivity index (χ0) is 11.5. The lowest BCUT2D eigenvalue weighted by atomic mass is 10.0. The van der Waals surface area contributed by atoms with Crippen molar-refractivity contribution in [2.45, 2.75) is 12.1 Å². The van der Waals surface area contributed by atoms with Crippen LogP contribution in [0.5, 0.6) is 0 Å². The first-order chi connectivity index (χ1) is 7.68. The zero-order valence-electron chi connectivity index (χ0n) is 8.66. The van der Waals surface area contributed by atoms with Gasteiger partial charge in [-0.25, -0.2) is 0 Å². The molecule has 2 atom stereocenters. The van der Waals surface area contributed by atoms with Crippen molar-refractivity contribution in [1.29, 1.82) is 0 Å². The largest absolute Gasteiger partial charge is 0.376 e. The Balaban J connectivity index is 2.15. The summed E-state index contributed by atoms with van der Waals surface area (Å²) in [6, 6.07) is 4.99. The molecule has 1 heterocycles. The minimum absolute atomic E-state index is 0.146. The van der Waals surface area contributed by atoms with Crippen LogP contribution in [0.1, 0.15) is 11.6 Å². The van der Waals surface area contributed by atoms with E-state index in [0.29, 0.717) is 29.9 Å². The second-order valence-corrected chi connectivity index (χ2v) is 4.52. The van der Waals surface area contributed by atoms with E-state index >= 15 is 0 Å². The molecule has 1 aliphatic heterocycles. The molecular formula is C11H13Cl2NO2. The van der Waals surface area contributed by atoms with Gasteiger partial charge in [0.1, 0.15) is 6.10 Å². The summed E-state index contributed by atoms with van der Waals surface area (Å²) in [5, 5.41) is 1.16. The van der Waals surface area contributed by atoms with E-state index in [9.17, 15) is 0 Å². The Morgan fingerprint density at radius 1 is 1.31 bits per heavy atom. The van der Waals surface area contributed by atoms with Crippen LogP contribution >= 0.6 is 23.2 Å². The van der Waals surface area contributed by atoms with Crippen LogP contribution in [-0.4, -0.2) is 25.9 Å². The molecule has 1 fully saturated rings. The van der Waals surface area contributed by atoms with Gasteiger partial charge in [0.15, 0.2) is 0 Å². The first-order valence-electron chi connectivity index (χ1n) is 5.08. The molecule has 0 saturated carbocycles. The number of rotatable bonds is 2. The van der Waals surface area contributed by atoms with Gasteiger partial charge in [-0.2, -0.15) is 0 Å². The van der Waals surface area contributed by atoms with Crippen LogP contribution in [0.2, 0.25) is 10.0 Å². The van der Waals surface area contributed by atoms with Gasteiger partial charge in [-0.15, -0.1) is 0 Å². The third-order valence-corrected chi connectivity index (χ3v) is 3.13. The Bertz CT molecular complexity index is 367. The lowest BCUT2D eigenvalue weighted by molar-refractivity contribution is -0.0975. The van der Waals surface area contributed by atoms with Crippen LogP contribution in [0.3, 0.4) is 0 Å². The van der Waals surface area contributed by atoms with E-state index in [0.717, 1.165) is 5.56 Å². The fourth-order valence-corrected chi connectivity index (χ4v) is 2.22. The molecule has 0 radical (unpaired) electrons. The smallest absolute Gasteiger partial charge is 0.100 e. The Hall–Kier alpha value is -0.320. The summed E-state index contributed by atoms with van der Waals surface area (Å²) >= 11 is 11.9. The lowest BCUT2D eigenvalue weighted by Gasteiger charge is -2.28. The van der Waals surface area contributed by atoms with E-state index < -0.39 is 0 Å². The summed E-state index contributed by atoms with van der Waals surface area (Å²) in [5.41, 5.74) is 6.92. The summed E-state index contributed by atoms with van der Waals surface area (Å²) in [6.45, 7) is 1.70. The predicted molar refractivity (Wildman–Crippen MR) is 63.9 cm³/mol. The van der Waals surface area contributed by atoms with Crippen LogP contribution < -0.4 is 5.73 Å². The number of nitrogens with two attached hydrogens (primary N) is 1. The first kappa shape index (κ1) is 12.1. The summed E-state index contributed by atoms with van der Waals surface area (Å²) in [6.07, 6.45) is -0.146. The number of benzene rings is 1. The minimum Gasteiger partial charge on any atom is -0.376 e. The van der Waals surface area contributed by atoms with Crippen molar-refractivity contribution in [2.24, 2.45) is 5.73 Å². The quantitative estimate of drug-likeness (QED) is 0.890. The van der Waals surface area contributed by atoms with Crippen molar-refractivity contribution in [1.82, 2.24) is 0 Å². The third kappa shape index (κ3) is 2.67. The lowest BCUT2D eigenvalue weighted by Crippen LogP contribution is -2.37. The Kier molecular flexibility index (Phi) is 4.05. The molecule has 1 saturated heterocycles. The maximum Gasteiger partial charge on any atom is 0.100 e. The van der Waals surface area contributed by atoms with Crippen LogP contribution in [-0.2, 0) is 9.47 Å². The van der Waals surface area contributed by atoms with Gasteiger partial charge in [0.2, 0.25) is 0 Å². The van der Waals surface area contributed by atoms with Gasteiger partial charge in [-0.05, 0) is 17.7 Å². The minimum atomic E-state index is -0.287. The molecule has 0 aromatic heterocycles. The Labute approximate surface area is 104 Å². The van der Waals surface area contributed by atoms with Gasteiger partial charge in [0.25, 0.3) is 0 Å². The average molecular weight is 262 g/mol. The molecule has 16 heavy (non-hydrogen) atoms. The van der Waals surface area contributed by atoms with Gasteiger partial charge < -0.3 is 15.2 Å².